The van der Waals surface area contributed by atoms with Gasteiger partial charge < -0.3 is 14.6 Å². The Morgan fingerprint density at radius 2 is 2.05 bits per heavy atom. The first kappa shape index (κ1) is 13.7. The summed E-state index contributed by atoms with van der Waals surface area (Å²) in [7, 11) is 2.02. The Kier molecular flexibility index (Phi) is 4.38. The van der Waals surface area contributed by atoms with Crippen LogP contribution in [0.15, 0.2) is 30.5 Å². The summed E-state index contributed by atoms with van der Waals surface area (Å²) >= 11 is 0. The van der Waals surface area contributed by atoms with Gasteiger partial charge in [0.05, 0.1) is 0 Å². The molecule has 0 amide bonds. The predicted molar refractivity (Wildman–Crippen MR) is 83.1 cm³/mol. The normalized spacial score (nSPS) is 16.9. The number of rotatable bonds is 5. The number of ether oxygens (including phenoxy) is 1. The minimum atomic E-state index is 0.761. The molecule has 3 nitrogen and oxygen atoms in total. The highest BCUT2D eigenvalue weighted by Crippen LogP contribution is 2.25. The van der Waals surface area contributed by atoms with E-state index >= 15 is 0 Å². The Morgan fingerprint density at radius 3 is 2.85 bits per heavy atom. The molecule has 1 fully saturated rings. The standard InChI is InChI=1S/C17H24N2O/c1-18-9-6-15-13-19(12-14-7-10-20-11-8-14)17-5-3-2-4-16(15)17/h2-5,13-14,18H,6-12H2,1H3. The first-order valence-electron chi connectivity index (χ1n) is 7.67. The van der Waals surface area contributed by atoms with Gasteiger partial charge in [0.1, 0.15) is 0 Å². The second kappa shape index (κ2) is 6.42. The molecule has 1 aliphatic heterocycles. The smallest absolute Gasteiger partial charge is 0.0483 e. The number of nitrogens with zero attached hydrogens (tertiary/aromatic N) is 1. The molecule has 0 saturated carbocycles. The minimum Gasteiger partial charge on any atom is -0.381 e. The molecule has 2 heterocycles. The van der Waals surface area contributed by atoms with Gasteiger partial charge in [0.2, 0.25) is 0 Å². The summed E-state index contributed by atoms with van der Waals surface area (Å²) in [4.78, 5) is 0. The summed E-state index contributed by atoms with van der Waals surface area (Å²) in [5.74, 6) is 0.761. The van der Waals surface area contributed by atoms with Crippen LogP contribution >= 0.6 is 0 Å². The van der Waals surface area contributed by atoms with Crippen molar-refractivity contribution < 1.29 is 4.74 Å². The van der Waals surface area contributed by atoms with Crippen LogP contribution in [-0.2, 0) is 17.7 Å². The van der Waals surface area contributed by atoms with Crippen molar-refractivity contribution in [2.45, 2.75) is 25.8 Å². The zero-order chi connectivity index (χ0) is 13.8. The van der Waals surface area contributed by atoms with Crippen molar-refractivity contribution in [3.63, 3.8) is 0 Å². The van der Waals surface area contributed by atoms with Crippen molar-refractivity contribution >= 4 is 10.9 Å². The van der Waals surface area contributed by atoms with Crippen molar-refractivity contribution in [3.05, 3.63) is 36.0 Å². The molecule has 3 rings (SSSR count). The third kappa shape index (κ3) is 2.89. The zero-order valence-electron chi connectivity index (χ0n) is 12.3. The van der Waals surface area contributed by atoms with Crippen molar-refractivity contribution in [3.8, 4) is 0 Å². The summed E-state index contributed by atoms with van der Waals surface area (Å²) in [5.41, 5.74) is 2.84. The maximum atomic E-state index is 5.47. The molecule has 3 heteroatoms. The van der Waals surface area contributed by atoms with Crippen molar-refractivity contribution in [1.29, 1.82) is 0 Å². The van der Waals surface area contributed by atoms with Gasteiger partial charge in [-0.2, -0.15) is 0 Å². The predicted octanol–water partition coefficient (Wildman–Crippen LogP) is 2.83. The Morgan fingerprint density at radius 1 is 1.25 bits per heavy atom. The number of aromatic nitrogens is 1. The van der Waals surface area contributed by atoms with Crippen LogP contribution in [0.4, 0.5) is 0 Å². The molecule has 0 unspecified atom stereocenters. The Balaban J connectivity index is 1.85. The summed E-state index contributed by atoms with van der Waals surface area (Å²) in [6.45, 7) is 4.02. The first-order chi connectivity index (χ1) is 9.88. The first-order valence-corrected chi connectivity index (χ1v) is 7.67. The highest BCUT2D eigenvalue weighted by Gasteiger charge is 2.16. The van der Waals surface area contributed by atoms with E-state index in [1.165, 1.54) is 29.3 Å². The van der Waals surface area contributed by atoms with Crippen LogP contribution < -0.4 is 5.32 Å². The molecular weight excluding hydrogens is 248 g/mol. The number of hydrogen-bond donors (Lipinski definition) is 1. The maximum absolute atomic E-state index is 5.47. The van der Waals surface area contributed by atoms with Crippen molar-refractivity contribution in [1.82, 2.24) is 9.88 Å². The van der Waals surface area contributed by atoms with E-state index in [1.54, 1.807) is 0 Å². The monoisotopic (exact) mass is 272 g/mol. The van der Waals surface area contributed by atoms with Gasteiger partial charge >= 0.3 is 0 Å². The van der Waals surface area contributed by atoms with Crippen LogP contribution in [0.1, 0.15) is 18.4 Å². The summed E-state index contributed by atoms with van der Waals surface area (Å²) < 4.78 is 7.92. The second-order valence-electron chi connectivity index (χ2n) is 5.73. The SMILES string of the molecule is CNCCc1cn(CC2CCOCC2)c2ccccc12. The van der Waals surface area contributed by atoms with E-state index in [2.05, 4.69) is 40.3 Å². The number of hydrogen-bond acceptors (Lipinski definition) is 2. The molecule has 0 spiro atoms. The van der Waals surface area contributed by atoms with Gasteiger partial charge in [0.25, 0.3) is 0 Å². The molecule has 0 radical (unpaired) electrons. The Labute approximate surface area is 120 Å². The van der Waals surface area contributed by atoms with E-state index in [-0.39, 0.29) is 0 Å². The van der Waals surface area contributed by atoms with E-state index < -0.39 is 0 Å². The highest BCUT2D eigenvalue weighted by atomic mass is 16.5. The average Bonchev–Trinajstić information content (AvgIpc) is 2.85. The fourth-order valence-electron chi connectivity index (χ4n) is 3.14. The van der Waals surface area contributed by atoms with Gasteiger partial charge in [-0.25, -0.2) is 0 Å². The van der Waals surface area contributed by atoms with Gasteiger partial charge in [-0.05, 0) is 50.4 Å². The summed E-state index contributed by atoms with van der Waals surface area (Å²) in [6, 6.07) is 8.78. The summed E-state index contributed by atoms with van der Waals surface area (Å²) in [5, 5.41) is 4.66. The lowest BCUT2D eigenvalue weighted by Gasteiger charge is -2.22. The average molecular weight is 272 g/mol. The third-order valence-corrected chi connectivity index (χ3v) is 4.31. The summed E-state index contributed by atoms with van der Waals surface area (Å²) in [6.07, 6.45) is 5.84. The maximum Gasteiger partial charge on any atom is 0.0483 e. The Hall–Kier alpha value is -1.32. The molecule has 1 aromatic carbocycles. The van der Waals surface area contributed by atoms with Crippen LogP contribution in [0.25, 0.3) is 10.9 Å². The van der Waals surface area contributed by atoms with E-state index in [4.69, 9.17) is 4.74 Å². The van der Waals surface area contributed by atoms with Crippen molar-refractivity contribution in [2.75, 3.05) is 26.8 Å². The molecule has 1 N–H and O–H groups in total. The molecule has 1 saturated heterocycles. The Bertz CT molecular complexity index is 555. The van der Waals surface area contributed by atoms with Gasteiger partial charge in [-0.15, -0.1) is 0 Å². The molecule has 2 aromatic rings. The fourth-order valence-corrected chi connectivity index (χ4v) is 3.14. The van der Waals surface area contributed by atoms with Gasteiger partial charge in [0, 0.05) is 36.9 Å². The second-order valence-corrected chi connectivity index (χ2v) is 5.73. The lowest BCUT2D eigenvalue weighted by molar-refractivity contribution is 0.0616. The van der Waals surface area contributed by atoms with E-state index in [9.17, 15) is 0 Å². The van der Waals surface area contributed by atoms with E-state index in [1.807, 2.05) is 7.05 Å². The molecule has 0 atom stereocenters. The van der Waals surface area contributed by atoms with Gasteiger partial charge in [-0.3, -0.25) is 0 Å². The largest absolute Gasteiger partial charge is 0.381 e. The highest BCUT2D eigenvalue weighted by molar-refractivity contribution is 5.84. The van der Waals surface area contributed by atoms with Crippen molar-refractivity contribution in [2.24, 2.45) is 5.92 Å². The molecule has 108 valence electrons. The molecule has 1 aliphatic rings. The van der Waals surface area contributed by atoms with Crippen LogP contribution in [-0.4, -0.2) is 31.4 Å². The molecular formula is C17H24N2O. The number of para-hydroxylation sites is 1. The fraction of sp³-hybridized carbons (Fsp3) is 0.529. The topological polar surface area (TPSA) is 26.2 Å². The molecule has 20 heavy (non-hydrogen) atoms. The van der Waals surface area contributed by atoms with Crippen LogP contribution in [0.5, 0.6) is 0 Å². The zero-order valence-corrected chi connectivity index (χ0v) is 12.3. The number of nitrogens with one attached hydrogen (secondary N) is 1. The number of benzene rings is 1. The van der Waals surface area contributed by atoms with Crippen LogP contribution in [0, 0.1) is 5.92 Å². The number of likely N-dealkylation sites (N-methyl/N-ethyl adjacent to an activating group) is 1. The molecule has 1 aromatic heterocycles. The number of fused-ring (bicyclic) bond motifs is 1. The molecule has 0 bridgehead atoms. The third-order valence-electron chi connectivity index (χ3n) is 4.31. The van der Waals surface area contributed by atoms with E-state index in [0.717, 1.165) is 38.6 Å². The molecule has 0 aliphatic carbocycles. The van der Waals surface area contributed by atoms with Crippen LogP contribution in [0.3, 0.4) is 0 Å². The lowest BCUT2D eigenvalue weighted by Crippen LogP contribution is -2.20. The minimum absolute atomic E-state index is 0.761. The van der Waals surface area contributed by atoms with Gasteiger partial charge in [0.15, 0.2) is 0 Å². The van der Waals surface area contributed by atoms with Crippen LogP contribution in [0.2, 0.25) is 0 Å². The quantitative estimate of drug-likeness (QED) is 0.906. The lowest BCUT2D eigenvalue weighted by atomic mass is 10.0. The van der Waals surface area contributed by atoms with E-state index in [0.29, 0.717) is 0 Å². The van der Waals surface area contributed by atoms with Gasteiger partial charge in [-0.1, -0.05) is 18.2 Å².